The van der Waals surface area contributed by atoms with Crippen molar-refractivity contribution < 1.29 is 56.0 Å². The van der Waals surface area contributed by atoms with Gasteiger partial charge >= 0.3 is 24.1 Å². The highest BCUT2D eigenvalue weighted by atomic mass is 19.4. The van der Waals surface area contributed by atoms with Gasteiger partial charge in [-0.05, 0) is 118 Å². The predicted molar refractivity (Wildman–Crippen MR) is 182 cm³/mol. The van der Waals surface area contributed by atoms with Crippen LogP contribution in [0.3, 0.4) is 0 Å². The lowest BCUT2D eigenvalue weighted by atomic mass is 9.66. The second-order valence-electron chi connectivity index (χ2n) is 14.5. The molecule has 4 unspecified atom stereocenters. The SMILES string of the molecule is CCC1(OC(=O)C(C)(CC(C)c2ccc(O)cc2)CC(CC)(C(=O)Oc2cccc3c2C(=O)OC(C)(c2ccc(F)cc2)O3)C(F)(F)F)CCCC1. The molecule has 0 spiro atoms. The van der Waals surface area contributed by atoms with E-state index in [9.17, 15) is 23.9 Å². The number of halogens is 4. The Morgan fingerprint density at radius 1 is 0.942 bits per heavy atom. The molecule has 12 heteroatoms. The van der Waals surface area contributed by atoms with Gasteiger partial charge in [-0.15, -0.1) is 0 Å². The van der Waals surface area contributed by atoms with Gasteiger partial charge in [-0.25, -0.2) is 9.18 Å². The molecule has 1 N–H and O–H groups in total. The molecule has 5 rings (SSSR count). The zero-order valence-electron chi connectivity index (χ0n) is 29.9. The van der Waals surface area contributed by atoms with Crippen LogP contribution in [0.25, 0.3) is 0 Å². The van der Waals surface area contributed by atoms with Gasteiger partial charge in [-0.3, -0.25) is 9.59 Å². The van der Waals surface area contributed by atoms with E-state index >= 15 is 13.2 Å². The Kier molecular flexibility index (Phi) is 10.7. The van der Waals surface area contributed by atoms with E-state index in [2.05, 4.69) is 0 Å². The highest BCUT2D eigenvalue weighted by molar-refractivity contribution is 5.98. The average Bonchev–Trinajstić information content (AvgIpc) is 3.55. The van der Waals surface area contributed by atoms with Crippen LogP contribution in [0, 0.1) is 16.6 Å². The monoisotopic (exact) mass is 728 g/mol. The number of phenols is 1. The highest BCUT2D eigenvalue weighted by Gasteiger charge is 2.64. The summed E-state index contributed by atoms with van der Waals surface area (Å²) in [5.41, 5.74) is -5.33. The van der Waals surface area contributed by atoms with Gasteiger partial charge in [0.2, 0.25) is 0 Å². The first-order valence-corrected chi connectivity index (χ1v) is 17.5. The number of cyclic esters (lactones) is 1. The van der Waals surface area contributed by atoms with Crippen LogP contribution in [0.1, 0.15) is 113 Å². The largest absolute Gasteiger partial charge is 0.508 e. The fourth-order valence-electron chi connectivity index (χ4n) is 7.52. The number of fused-ring (bicyclic) bond motifs is 1. The van der Waals surface area contributed by atoms with Crippen molar-refractivity contribution in [3.8, 4) is 17.2 Å². The van der Waals surface area contributed by atoms with Gasteiger partial charge in [0.1, 0.15) is 34.2 Å². The number of ether oxygens (including phenoxy) is 4. The Bertz CT molecular complexity index is 1780. The zero-order chi connectivity index (χ0) is 38.1. The maximum Gasteiger partial charge on any atom is 0.404 e. The molecular weight excluding hydrogens is 684 g/mol. The summed E-state index contributed by atoms with van der Waals surface area (Å²) < 4.78 is 83.1. The Morgan fingerprint density at radius 2 is 1.58 bits per heavy atom. The van der Waals surface area contributed by atoms with Gasteiger partial charge in [-0.1, -0.05) is 39.0 Å². The van der Waals surface area contributed by atoms with Gasteiger partial charge in [0.05, 0.1) is 5.41 Å². The van der Waals surface area contributed by atoms with Crippen molar-refractivity contribution in [2.75, 3.05) is 0 Å². The van der Waals surface area contributed by atoms with Gasteiger partial charge in [-0.2, -0.15) is 13.2 Å². The second kappa shape index (κ2) is 14.4. The molecule has 52 heavy (non-hydrogen) atoms. The number of carbonyl (C=O) groups is 3. The third kappa shape index (κ3) is 7.47. The summed E-state index contributed by atoms with van der Waals surface area (Å²) in [5, 5.41) is 9.81. The smallest absolute Gasteiger partial charge is 0.404 e. The van der Waals surface area contributed by atoms with E-state index in [0.717, 1.165) is 31.0 Å². The summed E-state index contributed by atoms with van der Waals surface area (Å²) >= 11 is 0. The number of aromatic hydroxyl groups is 1. The lowest BCUT2D eigenvalue weighted by molar-refractivity contribution is -0.241. The number of carbonyl (C=O) groups excluding carboxylic acids is 3. The van der Waals surface area contributed by atoms with Crippen molar-refractivity contribution in [1.82, 2.24) is 0 Å². The first-order valence-electron chi connectivity index (χ1n) is 17.5. The van der Waals surface area contributed by atoms with E-state index in [1.807, 2.05) is 6.92 Å². The predicted octanol–water partition coefficient (Wildman–Crippen LogP) is 9.67. The average molecular weight is 729 g/mol. The van der Waals surface area contributed by atoms with Crippen LogP contribution in [0.2, 0.25) is 0 Å². The quantitative estimate of drug-likeness (QED) is 0.112. The van der Waals surface area contributed by atoms with E-state index in [0.29, 0.717) is 24.8 Å². The Labute approximate surface area is 300 Å². The van der Waals surface area contributed by atoms with Gasteiger partial charge in [0.25, 0.3) is 5.79 Å². The van der Waals surface area contributed by atoms with E-state index < -0.39 is 82.2 Å². The minimum Gasteiger partial charge on any atom is -0.508 e. The lowest BCUT2D eigenvalue weighted by Crippen LogP contribution is -2.52. The number of benzene rings is 3. The summed E-state index contributed by atoms with van der Waals surface area (Å²) in [5.74, 6) is -6.96. The van der Waals surface area contributed by atoms with Crippen molar-refractivity contribution in [1.29, 1.82) is 0 Å². The van der Waals surface area contributed by atoms with E-state index in [1.165, 1.54) is 57.2 Å². The van der Waals surface area contributed by atoms with E-state index in [1.54, 1.807) is 19.1 Å². The fraction of sp³-hybridized carbons (Fsp3) is 0.475. The molecule has 1 saturated carbocycles. The maximum atomic E-state index is 15.5. The minimum absolute atomic E-state index is 0.00604. The molecule has 1 aliphatic carbocycles. The first kappa shape index (κ1) is 38.6. The van der Waals surface area contributed by atoms with Crippen LogP contribution >= 0.6 is 0 Å². The van der Waals surface area contributed by atoms with Crippen LogP contribution in [-0.4, -0.2) is 34.8 Å². The molecule has 0 bridgehead atoms. The van der Waals surface area contributed by atoms with Crippen LogP contribution in [0.4, 0.5) is 17.6 Å². The first-order chi connectivity index (χ1) is 24.4. The molecule has 2 aliphatic rings. The molecule has 1 heterocycles. The van der Waals surface area contributed by atoms with Crippen LogP contribution in [-0.2, 0) is 24.8 Å². The number of hydrogen-bond acceptors (Lipinski definition) is 8. The second-order valence-corrected chi connectivity index (χ2v) is 14.5. The van der Waals surface area contributed by atoms with Crippen molar-refractivity contribution in [2.45, 2.75) is 109 Å². The summed E-state index contributed by atoms with van der Waals surface area (Å²) in [6.45, 7) is 7.62. The third-order valence-electron chi connectivity index (χ3n) is 10.8. The molecule has 3 aromatic rings. The van der Waals surface area contributed by atoms with E-state index in [4.69, 9.17) is 18.9 Å². The summed E-state index contributed by atoms with van der Waals surface area (Å²) in [6, 6.07) is 15.0. The third-order valence-corrected chi connectivity index (χ3v) is 10.8. The van der Waals surface area contributed by atoms with Gasteiger partial charge in [0.15, 0.2) is 5.41 Å². The number of esters is 3. The molecule has 1 fully saturated rings. The van der Waals surface area contributed by atoms with Crippen molar-refractivity contribution in [3.05, 3.63) is 89.2 Å². The molecule has 3 aromatic carbocycles. The molecule has 0 amide bonds. The van der Waals surface area contributed by atoms with Crippen LogP contribution < -0.4 is 9.47 Å². The highest BCUT2D eigenvalue weighted by Crippen LogP contribution is 2.54. The lowest BCUT2D eigenvalue weighted by Gasteiger charge is -2.42. The molecule has 8 nitrogen and oxygen atoms in total. The number of hydrogen-bond donors (Lipinski definition) is 1. The minimum atomic E-state index is -5.20. The van der Waals surface area contributed by atoms with Crippen molar-refractivity contribution >= 4 is 17.9 Å². The summed E-state index contributed by atoms with van der Waals surface area (Å²) in [7, 11) is 0. The summed E-state index contributed by atoms with van der Waals surface area (Å²) in [4.78, 5) is 41.8. The molecule has 1 aliphatic heterocycles. The molecule has 0 aromatic heterocycles. The molecule has 280 valence electrons. The molecular formula is C40H44F4O8. The summed E-state index contributed by atoms with van der Waals surface area (Å²) in [6.07, 6.45) is -3.84. The Balaban J connectivity index is 1.51. The van der Waals surface area contributed by atoms with Crippen molar-refractivity contribution in [3.63, 3.8) is 0 Å². The standard InChI is InChI=1S/C40H44F4O8/c1-6-38(21-8-9-22-38)52-34(47)36(4,23-25(3)26-13-19-29(45)20-14-26)24-39(7-2,40(42,43)44)35(48)49-30-11-10-12-31-32(30)33(46)51-37(5,50-31)27-15-17-28(41)18-16-27/h10-20,25,45H,6-9,21-24H2,1-5H3. The zero-order valence-corrected chi connectivity index (χ0v) is 29.9. The number of alkyl halides is 3. The number of phenolic OH excluding ortho intramolecular Hbond substituents is 1. The van der Waals surface area contributed by atoms with E-state index in [-0.39, 0.29) is 23.5 Å². The Hall–Kier alpha value is -4.61. The van der Waals surface area contributed by atoms with Crippen LogP contribution in [0.15, 0.2) is 66.7 Å². The normalized spacial score (nSPS) is 21.1. The topological polar surface area (TPSA) is 108 Å². The molecule has 0 saturated heterocycles. The fourth-order valence-corrected chi connectivity index (χ4v) is 7.52. The molecule has 4 atom stereocenters. The Morgan fingerprint density at radius 3 is 2.15 bits per heavy atom. The van der Waals surface area contributed by atoms with Gasteiger partial charge in [0, 0.05) is 12.5 Å². The van der Waals surface area contributed by atoms with Crippen LogP contribution in [0.5, 0.6) is 17.2 Å². The number of rotatable bonds is 12. The molecule has 0 radical (unpaired) electrons. The maximum absolute atomic E-state index is 15.5. The van der Waals surface area contributed by atoms with Gasteiger partial charge < -0.3 is 24.1 Å². The van der Waals surface area contributed by atoms with Crippen molar-refractivity contribution in [2.24, 2.45) is 10.8 Å².